The predicted octanol–water partition coefficient (Wildman–Crippen LogP) is 3.20. The summed E-state index contributed by atoms with van der Waals surface area (Å²) in [4.78, 5) is 4.66. The molecule has 3 nitrogen and oxygen atoms in total. The first-order valence-electron chi connectivity index (χ1n) is 7.24. The van der Waals surface area contributed by atoms with E-state index in [1.807, 2.05) is 18.2 Å². The Morgan fingerprint density at radius 2 is 2.00 bits per heavy atom. The van der Waals surface area contributed by atoms with Crippen molar-refractivity contribution in [2.24, 2.45) is 0 Å². The highest BCUT2D eigenvalue weighted by Gasteiger charge is 2.22. The average Bonchev–Trinajstić information content (AvgIpc) is 2.96. The summed E-state index contributed by atoms with van der Waals surface area (Å²) in [6.07, 6.45) is 4.15. The zero-order valence-corrected chi connectivity index (χ0v) is 12.3. The van der Waals surface area contributed by atoms with Gasteiger partial charge < -0.3 is 10.4 Å². The minimum atomic E-state index is -0.198. The van der Waals surface area contributed by atoms with Gasteiger partial charge in [-0.3, -0.25) is 0 Å². The van der Waals surface area contributed by atoms with Crippen molar-refractivity contribution in [1.29, 1.82) is 0 Å². The molecule has 2 atom stereocenters. The van der Waals surface area contributed by atoms with E-state index in [2.05, 4.69) is 27.8 Å². The third kappa shape index (κ3) is 3.26. The van der Waals surface area contributed by atoms with Crippen LogP contribution in [0.2, 0.25) is 0 Å². The number of aliphatic hydroxyl groups excluding tert-OH is 1. The minimum Gasteiger partial charge on any atom is -0.392 e. The van der Waals surface area contributed by atoms with Crippen molar-refractivity contribution in [3.63, 3.8) is 0 Å². The van der Waals surface area contributed by atoms with Crippen LogP contribution < -0.4 is 5.32 Å². The minimum absolute atomic E-state index is 0.198. The highest BCUT2D eigenvalue weighted by atomic mass is 32.1. The Morgan fingerprint density at radius 3 is 2.80 bits per heavy atom. The van der Waals surface area contributed by atoms with Crippen molar-refractivity contribution in [2.45, 2.75) is 44.4 Å². The lowest BCUT2D eigenvalue weighted by atomic mass is 9.92. The molecule has 0 radical (unpaired) electrons. The van der Waals surface area contributed by atoms with E-state index in [4.69, 9.17) is 0 Å². The van der Waals surface area contributed by atoms with Crippen LogP contribution in [0.4, 0.5) is 0 Å². The van der Waals surface area contributed by atoms with Gasteiger partial charge in [-0.05, 0) is 12.8 Å². The average molecular weight is 288 g/mol. The molecule has 4 heteroatoms. The van der Waals surface area contributed by atoms with Gasteiger partial charge >= 0.3 is 0 Å². The summed E-state index contributed by atoms with van der Waals surface area (Å²) in [6, 6.07) is 10.5. The van der Waals surface area contributed by atoms with Gasteiger partial charge in [-0.15, -0.1) is 11.3 Å². The molecule has 0 saturated heterocycles. The maximum absolute atomic E-state index is 9.95. The highest BCUT2D eigenvalue weighted by molar-refractivity contribution is 7.13. The lowest BCUT2D eigenvalue weighted by Crippen LogP contribution is -2.41. The van der Waals surface area contributed by atoms with Crippen LogP contribution in [0.25, 0.3) is 10.6 Å². The standard InChI is InChI=1S/C16H20N2OS/c19-15-9-5-4-8-14(15)17-10-13-11-20-16(18-13)12-6-2-1-3-7-12/h1-3,6-7,11,14-15,17,19H,4-5,8-10H2. The Morgan fingerprint density at radius 1 is 1.20 bits per heavy atom. The topological polar surface area (TPSA) is 45.1 Å². The van der Waals surface area contributed by atoms with Gasteiger partial charge in [0.05, 0.1) is 11.8 Å². The summed E-state index contributed by atoms with van der Waals surface area (Å²) < 4.78 is 0. The fourth-order valence-electron chi connectivity index (χ4n) is 2.69. The molecular weight excluding hydrogens is 268 g/mol. The Bertz CT molecular complexity index is 540. The molecule has 1 aliphatic rings. The second-order valence-corrected chi connectivity index (χ2v) is 6.21. The Balaban J connectivity index is 1.60. The van der Waals surface area contributed by atoms with E-state index >= 15 is 0 Å². The largest absolute Gasteiger partial charge is 0.392 e. The fraction of sp³-hybridized carbons (Fsp3) is 0.438. The van der Waals surface area contributed by atoms with E-state index < -0.39 is 0 Å². The summed E-state index contributed by atoms with van der Waals surface area (Å²) >= 11 is 1.68. The number of rotatable bonds is 4. The maximum atomic E-state index is 9.95. The van der Waals surface area contributed by atoms with Crippen molar-refractivity contribution in [1.82, 2.24) is 10.3 Å². The van der Waals surface area contributed by atoms with Crippen LogP contribution >= 0.6 is 11.3 Å². The number of aromatic nitrogens is 1. The Hall–Kier alpha value is -1.23. The van der Waals surface area contributed by atoms with Crippen molar-refractivity contribution in [3.8, 4) is 10.6 Å². The zero-order chi connectivity index (χ0) is 13.8. The number of benzene rings is 1. The molecule has 0 aliphatic heterocycles. The van der Waals surface area contributed by atoms with E-state index in [-0.39, 0.29) is 12.1 Å². The molecule has 1 saturated carbocycles. The number of hydrogen-bond donors (Lipinski definition) is 2. The van der Waals surface area contributed by atoms with Gasteiger partial charge in [0, 0.05) is 23.5 Å². The van der Waals surface area contributed by atoms with Crippen LogP contribution in [0.1, 0.15) is 31.4 Å². The van der Waals surface area contributed by atoms with Gasteiger partial charge in [0.2, 0.25) is 0 Å². The van der Waals surface area contributed by atoms with E-state index in [0.717, 1.165) is 36.5 Å². The second kappa shape index (κ2) is 6.48. The lowest BCUT2D eigenvalue weighted by Gasteiger charge is -2.28. The van der Waals surface area contributed by atoms with E-state index in [0.29, 0.717) is 0 Å². The molecule has 2 N–H and O–H groups in total. The summed E-state index contributed by atoms with van der Waals surface area (Å²) in [5.41, 5.74) is 2.23. The predicted molar refractivity (Wildman–Crippen MR) is 82.7 cm³/mol. The van der Waals surface area contributed by atoms with Crippen molar-refractivity contribution >= 4 is 11.3 Å². The van der Waals surface area contributed by atoms with E-state index in [9.17, 15) is 5.11 Å². The van der Waals surface area contributed by atoms with Crippen molar-refractivity contribution in [3.05, 3.63) is 41.4 Å². The summed E-state index contributed by atoms with van der Waals surface area (Å²) in [7, 11) is 0. The van der Waals surface area contributed by atoms with E-state index in [1.54, 1.807) is 11.3 Å². The molecule has 1 aromatic carbocycles. The zero-order valence-electron chi connectivity index (χ0n) is 11.5. The number of nitrogens with one attached hydrogen (secondary N) is 1. The second-order valence-electron chi connectivity index (χ2n) is 5.35. The third-order valence-corrected chi connectivity index (χ3v) is 4.79. The molecule has 1 heterocycles. The summed E-state index contributed by atoms with van der Waals surface area (Å²) in [6.45, 7) is 0.741. The van der Waals surface area contributed by atoms with Crippen LogP contribution in [0.15, 0.2) is 35.7 Å². The van der Waals surface area contributed by atoms with Gasteiger partial charge in [-0.25, -0.2) is 4.98 Å². The monoisotopic (exact) mass is 288 g/mol. The Kier molecular flexibility index (Phi) is 4.45. The van der Waals surface area contributed by atoms with Gasteiger partial charge in [0.1, 0.15) is 5.01 Å². The molecule has 0 amide bonds. The van der Waals surface area contributed by atoms with Gasteiger partial charge in [0.25, 0.3) is 0 Å². The molecule has 0 bridgehead atoms. The molecule has 20 heavy (non-hydrogen) atoms. The van der Waals surface area contributed by atoms with Crippen LogP contribution in [0, 0.1) is 0 Å². The van der Waals surface area contributed by atoms with Crippen LogP contribution in [0.3, 0.4) is 0 Å². The van der Waals surface area contributed by atoms with Crippen LogP contribution in [0.5, 0.6) is 0 Å². The molecular formula is C16H20N2OS. The number of hydrogen-bond acceptors (Lipinski definition) is 4. The third-order valence-electron chi connectivity index (χ3n) is 3.85. The molecule has 2 unspecified atom stereocenters. The summed E-state index contributed by atoms with van der Waals surface area (Å²) in [5.74, 6) is 0. The summed E-state index contributed by atoms with van der Waals surface area (Å²) in [5, 5.41) is 16.6. The first kappa shape index (κ1) is 13.7. The van der Waals surface area contributed by atoms with E-state index in [1.165, 1.54) is 12.0 Å². The normalized spacial score (nSPS) is 22.9. The molecule has 1 fully saturated rings. The number of aliphatic hydroxyl groups is 1. The fourth-order valence-corrected chi connectivity index (χ4v) is 3.51. The smallest absolute Gasteiger partial charge is 0.123 e. The van der Waals surface area contributed by atoms with Crippen LogP contribution in [-0.4, -0.2) is 22.2 Å². The van der Waals surface area contributed by atoms with Gasteiger partial charge in [0.15, 0.2) is 0 Å². The quantitative estimate of drug-likeness (QED) is 0.908. The van der Waals surface area contributed by atoms with Gasteiger partial charge in [-0.2, -0.15) is 0 Å². The number of nitrogens with zero attached hydrogens (tertiary/aromatic N) is 1. The SMILES string of the molecule is OC1CCCCC1NCc1csc(-c2ccccc2)n1. The molecule has 106 valence electrons. The Labute approximate surface area is 123 Å². The van der Waals surface area contributed by atoms with Crippen molar-refractivity contribution in [2.75, 3.05) is 0 Å². The molecule has 0 spiro atoms. The highest BCUT2D eigenvalue weighted by Crippen LogP contribution is 2.24. The maximum Gasteiger partial charge on any atom is 0.123 e. The molecule has 1 aromatic heterocycles. The molecule has 1 aliphatic carbocycles. The first-order valence-corrected chi connectivity index (χ1v) is 8.12. The van der Waals surface area contributed by atoms with Gasteiger partial charge in [-0.1, -0.05) is 43.2 Å². The lowest BCUT2D eigenvalue weighted by molar-refractivity contribution is 0.0901. The first-order chi connectivity index (χ1) is 9.83. The molecule has 2 aromatic rings. The van der Waals surface area contributed by atoms with Crippen molar-refractivity contribution < 1.29 is 5.11 Å². The van der Waals surface area contributed by atoms with Crippen LogP contribution in [-0.2, 0) is 6.54 Å². The molecule has 3 rings (SSSR count). The number of thiazole rings is 1.